The SMILES string of the molecule is CC(C)c1ccc(N(Cc2nc3c(F)c(F)cc(F)c3s2)C(=O)CCC(=O)O)cc1. The van der Waals surface area contributed by atoms with Crippen LogP contribution in [-0.4, -0.2) is 22.0 Å². The van der Waals surface area contributed by atoms with Crippen molar-refractivity contribution in [3.63, 3.8) is 0 Å². The van der Waals surface area contributed by atoms with E-state index in [0.29, 0.717) is 11.8 Å². The summed E-state index contributed by atoms with van der Waals surface area (Å²) in [5, 5.41) is 9.08. The fourth-order valence-electron chi connectivity index (χ4n) is 2.94. The van der Waals surface area contributed by atoms with E-state index in [9.17, 15) is 22.8 Å². The summed E-state index contributed by atoms with van der Waals surface area (Å²) in [6.07, 6.45) is -0.600. The van der Waals surface area contributed by atoms with Crippen LogP contribution in [0.2, 0.25) is 0 Å². The zero-order valence-electron chi connectivity index (χ0n) is 16.3. The van der Waals surface area contributed by atoms with E-state index in [2.05, 4.69) is 4.98 Å². The van der Waals surface area contributed by atoms with Gasteiger partial charge in [0.05, 0.1) is 17.7 Å². The van der Waals surface area contributed by atoms with E-state index >= 15 is 0 Å². The molecule has 1 heterocycles. The third-order valence-corrected chi connectivity index (χ3v) is 5.63. The summed E-state index contributed by atoms with van der Waals surface area (Å²) < 4.78 is 41.3. The molecule has 0 fully saturated rings. The first kappa shape index (κ1) is 21.8. The summed E-state index contributed by atoms with van der Waals surface area (Å²) in [6, 6.07) is 7.61. The molecule has 3 rings (SSSR count). The summed E-state index contributed by atoms with van der Waals surface area (Å²) >= 11 is 0.817. The number of hydrogen-bond acceptors (Lipinski definition) is 4. The van der Waals surface area contributed by atoms with E-state index in [1.807, 2.05) is 26.0 Å². The summed E-state index contributed by atoms with van der Waals surface area (Å²) in [5.41, 5.74) is 1.12. The van der Waals surface area contributed by atoms with Crippen LogP contribution in [0.15, 0.2) is 30.3 Å². The van der Waals surface area contributed by atoms with Gasteiger partial charge < -0.3 is 10.0 Å². The molecule has 0 bridgehead atoms. The molecule has 0 aliphatic carbocycles. The molecule has 0 aliphatic rings. The highest BCUT2D eigenvalue weighted by Gasteiger charge is 2.22. The highest BCUT2D eigenvalue weighted by Crippen LogP contribution is 2.31. The lowest BCUT2D eigenvalue weighted by Gasteiger charge is -2.22. The summed E-state index contributed by atoms with van der Waals surface area (Å²) in [6.45, 7) is 3.92. The first-order valence-corrected chi connectivity index (χ1v) is 10.0. The summed E-state index contributed by atoms with van der Waals surface area (Å²) in [7, 11) is 0. The molecule has 0 saturated heterocycles. The molecule has 1 N–H and O–H groups in total. The molecule has 30 heavy (non-hydrogen) atoms. The largest absolute Gasteiger partial charge is 0.481 e. The average molecular weight is 436 g/mol. The Morgan fingerprint density at radius 1 is 1.10 bits per heavy atom. The molecular weight excluding hydrogens is 417 g/mol. The highest BCUT2D eigenvalue weighted by atomic mass is 32.1. The van der Waals surface area contributed by atoms with Crippen molar-refractivity contribution in [1.82, 2.24) is 4.98 Å². The van der Waals surface area contributed by atoms with Crippen molar-refractivity contribution < 1.29 is 27.9 Å². The van der Waals surface area contributed by atoms with Gasteiger partial charge in [-0.1, -0.05) is 26.0 Å². The molecule has 0 saturated carbocycles. The van der Waals surface area contributed by atoms with Crippen LogP contribution in [0.5, 0.6) is 0 Å². The Morgan fingerprint density at radius 2 is 1.77 bits per heavy atom. The number of anilines is 1. The fraction of sp³-hybridized carbons (Fsp3) is 0.286. The number of carbonyl (C=O) groups excluding carboxylic acids is 1. The van der Waals surface area contributed by atoms with Gasteiger partial charge in [-0.2, -0.15) is 0 Å². The van der Waals surface area contributed by atoms with Gasteiger partial charge >= 0.3 is 5.97 Å². The molecule has 1 aromatic heterocycles. The smallest absolute Gasteiger partial charge is 0.303 e. The first-order chi connectivity index (χ1) is 14.2. The number of thiazole rings is 1. The van der Waals surface area contributed by atoms with E-state index in [4.69, 9.17) is 5.11 Å². The molecule has 0 radical (unpaired) electrons. The molecule has 0 unspecified atom stereocenters. The van der Waals surface area contributed by atoms with Gasteiger partial charge in [0.15, 0.2) is 11.6 Å². The van der Waals surface area contributed by atoms with Gasteiger partial charge in [0.25, 0.3) is 0 Å². The van der Waals surface area contributed by atoms with Crippen LogP contribution in [0.1, 0.15) is 43.2 Å². The normalized spacial score (nSPS) is 11.3. The molecule has 1 amide bonds. The molecule has 9 heteroatoms. The van der Waals surface area contributed by atoms with E-state index in [-0.39, 0.29) is 35.0 Å². The van der Waals surface area contributed by atoms with E-state index in [1.165, 1.54) is 4.90 Å². The monoisotopic (exact) mass is 436 g/mol. The van der Waals surface area contributed by atoms with Crippen LogP contribution in [0.3, 0.4) is 0 Å². The van der Waals surface area contributed by atoms with Gasteiger partial charge in [0.1, 0.15) is 16.3 Å². The standard InChI is InChI=1S/C21H19F3N2O3S/c1-11(2)12-3-5-13(6-4-12)26(17(27)7-8-18(28)29)10-16-25-20-19(24)14(22)9-15(23)21(20)30-16/h3-6,9,11H,7-8,10H2,1-2H3,(H,28,29). The molecule has 0 aliphatic heterocycles. The molecule has 3 aromatic rings. The molecule has 5 nitrogen and oxygen atoms in total. The minimum atomic E-state index is -1.34. The molecular formula is C21H19F3N2O3S. The number of rotatable bonds is 7. The van der Waals surface area contributed by atoms with E-state index < -0.39 is 34.8 Å². The molecule has 0 atom stereocenters. The lowest BCUT2D eigenvalue weighted by Crippen LogP contribution is -2.30. The van der Waals surface area contributed by atoms with Gasteiger partial charge in [-0.25, -0.2) is 18.2 Å². The second kappa shape index (κ2) is 8.83. The van der Waals surface area contributed by atoms with Crippen molar-refractivity contribution in [3.8, 4) is 0 Å². The second-order valence-corrected chi connectivity index (χ2v) is 8.14. The number of halogens is 3. The van der Waals surface area contributed by atoms with Crippen molar-refractivity contribution in [2.24, 2.45) is 0 Å². The third kappa shape index (κ3) is 4.62. The number of fused-ring (bicyclic) bond motifs is 1. The Balaban J connectivity index is 1.97. The van der Waals surface area contributed by atoms with Crippen LogP contribution in [0.25, 0.3) is 10.2 Å². The van der Waals surface area contributed by atoms with Crippen molar-refractivity contribution in [3.05, 3.63) is 58.4 Å². The topological polar surface area (TPSA) is 70.5 Å². The number of amides is 1. The maximum atomic E-state index is 14.0. The van der Waals surface area contributed by atoms with Gasteiger partial charge in [-0.3, -0.25) is 9.59 Å². The number of aliphatic carboxylic acids is 1. The maximum Gasteiger partial charge on any atom is 0.303 e. The van der Waals surface area contributed by atoms with Crippen molar-refractivity contribution in [2.45, 2.75) is 39.2 Å². The predicted molar refractivity (Wildman–Crippen MR) is 108 cm³/mol. The number of carboxylic acids is 1. The Kier molecular flexibility index (Phi) is 6.40. The lowest BCUT2D eigenvalue weighted by atomic mass is 10.0. The van der Waals surface area contributed by atoms with Gasteiger partial charge in [-0.15, -0.1) is 11.3 Å². The van der Waals surface area contributed by atoms with Gasteiger partial charge in [0, 0.05) is 18.2 Å². The third-order valence-electron chi connectivity index (χ3n) is 4.58. The number of carboxylic acid groups (broad SMARTS) is 1. The van der Waals surface area contributed by atoms with E-state index in [0.717, 1.165) is 16.9 Å². The van der Waals surface area contributed by atoms with Crippen LogP contribution >= 0.6 is 11.3 Å². The predicted octanol–water partition coefficient (Wildman–Crippen LogP) is 5.24. The quantitative estimate of drug-likeness (QED) is 0.515. The number of nitrogens with zero attached hydrogens (tertiary/aromatic N) is 2. The maximum absolute atomic E-state index is 14.0. The number of carbonyl (C=O) groups is 2. The van der Waals surface area contributed by atoms with Crippen molar-refractivity contribution >= 4 is 39.1 Å². The Hall–Kier alpha value is -2.94. The van der Waals surface area contributed by atoms with Crippen LogP contribution in [0.4, 0.5) is 18.9 Å². The average Bonchev–Trinajstić information content (AvgIpc) is 3.13. The highest BCUT2D eigenvalue weighted by molar-refractivity contribution is 7.18. The van der Waals surface area contributed by atoms with Crippen molar-refractivity contribution in [2.75, 3.05) is 4.90 Å². The summed E-state index contributed by atoms with van der Waals surface area (Å²) in [4.78, 5) is 28.9. The number of hydrogen-bond donors (Lipinski definition) is 1. The van der Waals surface area contributed by atoms with E-state index in [1.54, 1.807) is 12.1 Å². The molecule has 158 valence electrons. The molecule has 2 aromatic carbocycles. The van der Waals surface area contributed by atoms with Crippen LogP contribution in [0, 0.1) is 17.5 Å². The van der Waals surface area contributed by atoms with Gasteiger partial charge in [0.2, 0.25) is 5.91 Å². The summed E-state index contributed by atoms with van der Waals surface area (Å²) in [5.74, 6) is -4.83. The minimum absolute atomic E-state index is 0.126. The minimum Gasteiger partial charge on any atom is -0.481 e. The zero-order chi connectivity index (χ0) is 22.0. The molecule has 0 spiro atoms. The lowest BCUT2D eigenvalue weighted by molar-refractivity contribution is -0.138. The first-order valence-electron chi connectivity index (χ1n) is 9.22. The Morgan fingerprint density at radius 3 is 2.37 bits per heavy atom. The Labute approximate surface area is 174 Å². The Bertz CT molecular complexity index is 1100. The zero-order valence-corrected chi connectivity index (χ0v) is 17.1. The van der Waals surface area contributed by atoms with Crippen LogP contribution < -0.4 is 4.90 Å². The fourth-order valence-corrected chi connectivity index (χ4v) is 3.90. The van der Waals surface area contributed by atoms with Crippen LogP contribution in [-0.2, 0) is 16.1 Å². The second-order valence-electron chi connectivity index (χ2n) is 7.06. The van der Waals surface area contributed by atoms with Gasteiger partial charge in [-0.05, 0) is 23.6 Å². The van der Waals surface area contributed by atoms with Crippen molar-refractivity contribution in [1.29, 1.82) is 0 Å². The number of benzene rings is 2. The number of aromatic nitrogens is 1.